The van der Waals surface area contributed by atoms with Gasteiger partial charge in [-0.1, -0.05) is 91.2 Å². The van der Waals surface area contributed by atoms with Gasteiger partial charge in [-0.25, -0.2) is 0 Å². The lowest BCUT2D eigenvalue weighted by Crippen LogP contribution is -2.45. The van der Waals surface area contributed by atoms with Crippen LogP contribution in [0.2, 0.25) is 5.02 Å². The molecule has 3 aromatic rings. The third-order valence-electron chi connectivity index (χ3n) is 7.63. The van der Waals surface area contributed by atoms with Gasteiger partial charge in [-0.3, -0.25) is 15.1 Å². The summed E-state index contributed by atoms with van der Waals surface area (Å²) in [5.41, 5.74) is 6.93. The fourth-order valence-electron chi connectivity index (χ4n) is 5.58. The van der Waals surface area contributed by atoms with E-state index < -0.39 is 5.92 Å². The molecule has 0 radical (unpaired) electrons. The number of Topliss-reactive ketones (excluding diaryl/α,β-unsaturated/α-hetero) is 1. The number of aliphatic hydroxyl groups excluding tert-OH is 1. The Morgan fingerprint density at radius 3 is 2.16 bits per heavy atom. The average Bonchev–Trinajstić information content (AvgIpc) is 2.85. The lowest BCUT2D eigenvalue weighted by atomic mass is 9.67. The lowest BCUT2D eigenvalue weighted by molar-refractivity contribution is -0.118. The minimum atomic E-state index is -0.555. The molecule has 0 saturated heterocycles. The van der Waals surface area contributed by atoms with Crippen LogP contribution < -0.4 is 4.90 Å². The highest BCUT2D eigenvalue weighted by Gasteiger charge is 2.46. The molecule has 1 aliphatic carbocycles. The standard InChI is InChI=1S/C33H33ClN2O2/c1-19-6-11-22(12-7-19)28-29-26(17-33(4,5)18-27(29)37)36(24-15-10-21(3)25(34)16-24)32(35)30(28)31(38)23-13-8-20(2)9-14-23/h6-16,28,35,38H,17-18H2,1-5H3/t28-/m0/s1. The maximum absolute atomic E-state index is 14.0. The predicted molar refractivity (Wildman–Crippen MR) is 156 cm³/mol. The maximum atomic E-state index is 14.0. The van der Waals surface area contributed by atoms with Crippen molar-refractivity contribution in [1.82, 2.24) is 0 Å². The molecule has 5 heteroatoms. The first kappa shape index (κ1) is 26.0. The zero-order chi connectivity index (χ0) is 27.4. The summed E-state index contributed by atoms with van der Waals surface area (Å²) in [5.74, 6) is -0.349. The summed E-state index contributed by atoms with van der Waals surface area (Å²) in [4.78, 5) is 15.8. The fraction of sp³-hybridized carbons (Fsp3) is 0.273. The number of hydrogen-bond acceptors (Lipinski definition) is 3. The van der Waals surface area contributed by atoms with Gasteiger partial charge in [-0.15, -0.1) is 0 Å². The Bertz CT molecular complexity index is 1510. The molecule has 5 rings (SSSR count). The Morgan fingerprint density at radius 2 is 1.55 bits per heavy atom. The zero-order valence-corrected chi connectivity index (χ0v) is 23.3. The molecule has 0 unspecified atom stereocenters. The Labute approximate surface area is 229 Å². The number of halogens is 1. The largest absolute Gasteiger partial charge is 0.507 e. The number of rotatable bonds is 3. The number of carbonyl (C=O) groups is 1. The van der Waals surface area contributed by atoms with Crippen molar-refractivity contribution in [1.29, 1.82) is 5.41 Å². The van der Waals surface area contributed by atoms with Crippen molar-refractivity contribution in [3.05, 3.63) is 116 Å². The van der Waals surface area contributed by atoms with E-state index in [2.05, 4.69) is 13.8 Å². The van der Waals surface area contributed by atoms with Gasteiger partial charge in [-0.2, -0.15) is 0 Å². The van der Waals surface area contributed by atoms with Crippen LogP contribution in [0.15, 0.2) is 83.6 Å². The molecule has 2 N–H and O–H groups in total. The number of nitrogens with one attached hydrogen (secondary N) is 1. The number of amidine groups is 1. The molecule has 4 nitrogen and oxygen atoms in total. The van der Waals surface area contributed by atoms with Crippen LogP contribution in [0.3, 0.4) is 0 Å². The van der Waals surface area contributed by atoms with Crippen LogP contribution in [-0.2, 0) is 4.79 Å². The molecule has 3 aromatic carbocycles. The van der Waals surface area contributed by atoms with Crippen LogP contribution >= 0.6 is 11.6 Å². The van der Waals surface area contributed by atoms with Crippen LogP contribution in [0.5, 0.6) is 0 Å². The van der Waals surface area contributed by atoms with Gasteiger partial charge in [0.1, 0.15) is 11.6 Å². The van der Waals surface area contributed by atoms with Gasteiger partial charge in [0.25, 0.3) is 0 Å². The number of hydrogen-bond donors (Lipinski definition) is 2. The summed E-state index contributed by atoms with van der Waals surface area (Å²) in [6.07, 6.45) is 1.03. The molecule has 0 bridgehead atoms. The molecule has 1 atom stereocenters. The Balaban J connectivity index is 1.85. The van der Waals surface area contributed by atoms with Crippen LogP contribution in [0, 0.1) is 31.6 Å². The normalized spacial score (nSPS) is 20.5. The van der Waals surface area contributed by atoms with Gasteiger partial charge in [0.15, 0.2) is 5.78 Å². The third kappa shape index (κ3) is 4.58. The molecule has 0 fully saturated rings. The molecule has 0 spiro atoms. The smallest absolute Gasteiger partial charge is 0.162 e. The highest BCUT2D eigenvalue weighted by Crippen LogP contribution is 2.51. The number of aryl methyl sites for hydroxylation is 3. The minimum absolute atomic E-state index is 0.00738. The summed E-state index contributed by atoms with van der Waals surface area (Å²) in [6, 6.07) is 21.3. The number of anilines is 1. The fourth-order valence-corrected chi connectivity index (χ4v) is 5.75. The lowest BCUT2D eigenvalue weighted by Gasteiger charge is -2.45. The SMILES string of the molecule is Cc1ccc(C(O)=C2C(=N)N(c3ccc(C)c(Cl)c3)C3=C(C(=O)CC(C)(C)C3)[C@@H]2c2ccc(C)cc2)cc1. The molecular formula is C33H33ClN2O2. The highest BCUT2D eigenvalue weighted by atomic mass is 35.5. The van der Waals surface area contributed by atoms with E-state index in [0.29, 0.717) is 40.3 Å². The van der Waals surface area contributed by atoms with E-state index in [-0.39, 0.29) is 22.8 Å². The summed E-state index contributed by atoms with van der Waals surface area (Å²) in [6.45, 7) is 10.1. The summed E-state index contributed by atoms with van der Waals surface area (Å²) in [7, 11) is 0. The first-order chi connectivity index (χ1) is 18.0. The topological polar surface area (TPSA) is 64.4 Å². The van der Waals surface area contributed by atoms with E-state index in [9.17, 15) is 15.3 Å². The number of nitrogens with zero attached hydrogens (tertiary/aromatic N) is 1. The van der Waals surface area contributed by atoms with Gasteiger partial charge >= 0.3 is 0 Å². The number of benzene rings is 3. The molecule has 0 amide bonds. The highest BCUT2D eigenvalue weighted by molar-refractivity contribution is 6.32. The van der Waals surface area contributed by atoms with Gasteiger partial charge in [-0.05, 0) is 55.9 Å². The van der Waals surface area contributed by atoms with E-state index in [0.717, 1.165) is 28.0 Å². The first-order valence-electron chi connectivity index (χ1n) is 12.9. The summed E-state index contributed by atoms with van der Waals surface area (Å²) in [5, 5.41) is 21.9. The quantitative estimate of drug-likeness (QED) is 0.338. The second-order valence-corrected chi connectivity index (χ2v) is 11.8. The van der Waals surface area contributed by atoms with Crippen LogP contribution in [-0.4, -0.2) is 16.7 Å². The van der Waals surface area contributed by atoms with Crippen LogP contribution in [0.1, 0.15) is 60.4 Å². The van der Waals surface area contributed by atoms with Crippen molar-refractivity contribution in [2.75, 3.05) is 4.90 Å². The van der Waals surface area contributed by atoms with Gasteiger partial charge in [0.05, 0.1) is 0 Å². The maximum Gasteiger partial charge on any atom is 0.162 e. The Hall–Kier alpha value is -3.63. The van der Waals surface area contributed by atoms with E-state index >= 15 is 0 Å². The molecule has 0 aromatic heterocycles. The van der Waals surface area contributed by atoms with Gasteiger partial charge in [0, 0.05) is 45.5 Å². The molecule has 2 aliphatic rings. The molecule has 38 heavy (non-hydrogen) atoms. The molecule has 1 heterocycles. The number of carbonyl (C=O) groups excluding carboxylic acids is 1. The molecular weight excluding hydrogens is 492 g/mol. The third-order valence-corrected chi connectivity index (χ3v) is 8.03. The molecule has 194 valence electrons. The number of aliphatic hydroxyl groups is 1. The first-order valence-corrected chi connectivity index (χ1v) is 13.3. The summed E-state index contributed by atoms with van der Waals surface area (Å²) >= 11 is 6.55. The van der Waals surface area contributed by atoms with Crippen molar-refractivity contribution in [3.63, 3.8) is 0 Å². The van der Waals surface area contributed by atoms with Crippen LogP contribution in [0.25, 0.3) is 5.76 Å². The Morgan fingerprint density at radius 1 is 0.947 bits per heavy atom. The van der Waals surface area contributed by atoms with Gasteiger partial charge in [0.2, 0.25) is 0 Å². The van der Waals surface area contributed by atoms with Crippen LogP contribution in [0.4, 0.5) is 5.69 Å². The molecule has 0 saturated carbocycles. The Kier molecular flexibility index (Phi) is 6.56. The average molecular weight is 525 g/mol. The van der Waals surface area contributed by atoms with E-state index in [1.54, 1.807) is 0 Å². The number of allylic oxidation sites excluding steroid dienone is 2. The predicted octanol–water partition coefficient (Wildman–Crippen LogP) is 8.46. The van der Waals surface area contributed by atoms with E-state index in [4.69, 9.17) is 11.6 Å². The van der Waals surface area contributed by atoms with Crippen molar-refractivity contribution < 1.29 is 9.90 Å². The second kappa shape index (κ2) is 9.59. The van der Waals surface area contributed by atoms with E-state index in [1.807, 2.05) is 92.4 Å². The van der Waals surface area contributed by atoms with Crippen molar-refractivity contribution in [2.24, 2.45) is 5.41 Å². The summed E-state index contributed by atoms with van der Waals surface area (Å²) < 4.78 is 0. The van der Waals surface area contributed by atoms with Crippen molar-refractivity contribution in [3.8, 4) is 0 Å². The van der Waals surface area contributed by atoms with Crippen molar-refractivity contribution in [2.45, 2.75) is 53.4 Å². The van der Waals surface area contributed by atoms with E-state index in [1.165, 1.54) is 0 Å². The second-order valence-electron chi connectivity index (χ2n) is 11.4. The minimum Gasteiger partial charge on any atom is -0.507 e. The zero-order valence-electron chi connectivity index (χ0n) is 22.5. The number of ketones is 1. The monoisotopic (exact) mass is 524 g/mol. The van der Waals surface area contributed by atoms with Gasteiger partial charge < -0.3 is 5.11 Å². The molecule has 1 aliphatic heterocycles. The van der Waals surface area contributed by atoms with Crippen molar-refractivity contribution >= 4 is 34.7 Å².